The van der Waals surface area contributed by atoms with Gasteiger partial charge in [0.1, 0.15) is 0 Å². The smallest absolute Gasteiger partial charge is 0.0385 e. The molecule has 0 fully saturated rings. The van der Waals surface area contributed by atoms with Gasteiger partial charge in [0.15, 0.2) is 0 Å². The Morgan fingerprint density at radius 2 is 1.20 bits per heavy atom. The normalized spacial score (nSPS) is 9.67. The van der Waals surface area contributed by atoms with Crippen LogP contribution in [0.3, 0.4) is 0 Å². The molecule has 2 N–H and O–H groups in total. The Labute approximate surface area is 90.0 Å². The number of benzene rings is 2. The van der Waals surface area contributed by atoms with Gasteiger partial charge in [0.2, 0.25) is 0 Å². The molecule has 0 bridgehead atoms. The summed E-state index contributed by atoms with van der Waals surface area (Å²) in [4.78, 5) is 0. The summed E-state index contributed by atoms with van der Waals surface area (Å²) in [5.74, 6) is 0. The van der Waals surface area contributed by atoms with E-state index in [9.17, 15) is 0 Å². The molecule has 2 aromatic rings. The van der Waals surface area contributed by atoms with E-state index in [4.69, 9.17) is 0 Å². The highest BCUT2D eigenvalue weighted by atomic mass is 14.9. The van der Waals surface area contributed by atoms with Crippen LogP contribution in [0.5, 0.6) is 0 Å². The van der Waals surface area contributed by atoms with E-state index < -0.39 is 0 Å². The van der Waals surface area contributed by atoms with Gasteiger partial charge in [0.25, 0.3) is 0 Å². The van der Waals surface area contributed by atoms with Crippen molar-refractivity contribution < 1.29 is 0 Å². The van der Waals surface area contributed by atoms with Gasteiger partial charge < -0.3 is 10.6 Å². The minimum Gasteiger partial charge on any atom is -0.388 e. The lowest BCUT2D eigenvalue weighted by Gasteiger charge is -2.06. The van der Waals surface area contributed by atoms with Gasteiger partial charge in [0, 0.05) is 24.1 Å². The van der Waals surface area contributed by atoms with E-state index in [0.717, 1.165) is 17.1 Å². The molecule has 0 saturated heterocycles. The molecule has 0 aliphatic carbocycles. The third-order valence-corrected chi connectivity index (χ3v) is 2.24. The molecule has 2 heteroatoms. The highest BCUT2D eigenvalue weighted by Crippen LogP contribution is 2.17. The molecule has 0 amide bonds. The topological polar surface area (TPSA) is 24.1 Å². The molecule has 76 valence electrons. The molecule has 0 aromatic heterocycles. The third-order valence-electron chi connectivity index (χ3n) is 2.24. The van der Waals surface area contributed by atoms with Crippen LogP contribution in [0.15, 0.2) is 54.6 Å². The predicted molar refractivity (Wildman–Crippen MR) is 65.7 cm³/mol. The predicted octanol–water partition coefficient (Wildman–Crippen LogP) is 3.47. The van der Waals surface area contributed by atoms with Crippen LogP contribution in [-0.4, -0.2) is 7.05 Å². The monoisotopic (exact) mass is 198 g/mol. The maximum Gasteiger partial charge on any atom is 0.0385 e. The van der Waals surface area contributed by atoms with Gasteiger partial charge in [-0.1, -0.05) is 18.2 Å². The molecule has 0 radical (unpaired) electrons. The van der Waals surface area contributed by atoms with Crippen LogP contribution in [0.4, 0.5) is 17.1 Å². The van der Waals surface area contributed by atoms with E-state index in [-0.39, 0.29) is 0 Å². The number of hydrogen-bond acceptors (Lipinski definition) is 2. The van der Waals surface area contributed by atoms with E-state index in [0.29, 0.717) is 0 Å². The molecule has 15 heavy (non-hydrogen) atoms. The molecule has 0 aliphatic rings. The maximum absolute atomic E-state index is 3.33. The number of para-hydroxylation sites is 1. The van der Waals surface area contributed by atoms with Crippen molar-refractivity contribution in [3.63, 3.8) is 0 Å². The Balaban J connectivity index is 2.11. The van der Waals surface area contributed by atoms with E-state index in [1.54, 1.807) is 0 Å². The van der Waals surface area contributed by atoms with Crippen LogP contribution < -0.4 is 10.6 Å². The SMILES string of the molecule is CNc1ccc(Nc2ccccc2)cc1. The summed E-state index contributed by atoms with van der Waals surface area (Å²) in [7, 11) is 1.92. The van der Waals surface area contributed by atoms with Crippen molar-refractivity contribution in [2.45, 2.75) is 0 Å². The van der Waals surface area contributed by atoms with E-state index in [1.165, 1.54) is 0 Å². The molecule has 0 atom stereocenters. The molecule has 0 saturated carbocycles. The van der Waals surface area contributed by atoms with Crippen molar-refractivity contribution in [1.82, 2.24) is 0 Å². The molecule has 0 unspecified atom stereocenters. The van der Waals surface area contributed by atoms with Crippen molar-refractivity contribution in [3.8, 4) is 0 Å². The molecular weight excluding hydrogens is 184 g/mol. The zero-order valence-electron chi connectivity index (χ0n) is 8.70. The van der Waals surface area contributed by atoms with Gasteiger partial charge in [-0.3, -0.25) is 0 Å². The van der Waals surface area contributed by atoms with Crippen molar-refractivity contribution in [1.29, 1.82) is 0 Å². The fraction of sp³-hybridized carbons (Fsp3) is 0.0769. The third kappa shape index (κ3) is 2.50. The largest absolute Gasteiger partial charge is 0.388 e. The number of hydrogen-bond donors (Lipinski definition) is 2. The minimum atomic E-state index is 1.10. The fourth-order valence-electron chi connectivity index (χ4n) is 1.41. The summed E-state index contributed by atoms with van der Waals surface area (Å²) in [6, 6.07) is 18.3. The van der Waals surface area contributed by atoms with Gasteiger partial charge in [-0.2, -0.15) is 0 Å². The highest BCUT2D eigenvalue weighted by molar-refractivity contribution is 5.62. The summed E-state index contributed by atoms with van der Waals surface area (Å²) < 4.78 is 0. The lowest BCUT2D eigenvalue weighted by Crippen LogP contribution is -1.91. The Hall–Kier alpha value is -1.96. The summed E-state index contributed by atoms with van der Waals surface area (Å²) in [6.07, 6.45) is 0. The summed E-state index contributed by atoms with van der Waals surface area (Å²) in [5, 5.41) is 6.42. The first-order valence-corrected chi connectivity index (χ1v) is 4.98. The lowest BCUT2D eigenvalue weighted by molar-refractivity contribution is 1.49. The second-order valence-corrected chi connectivity index (χ2v) is 3.32. The average molecular weight is 198 g/mol. The first-order chi connectivity index (χ1) is 7.38. The molecular formula is C13H14N2. The quantitative estimate of drug-likeness (QED) is 0.789. The van der Waals surface area contributed by atoms with Crippen LogP contribution in [0.25, 0.3) is 0 Å². The summed E-state index contributed by atoms with van der Waals surface area (Å²) in [5.41, 5.74) is 3.32. The number of anilines is 3. The molecule has 0 spiro atoms. The zero-order valence-corrected chi connectivity index (χ0v) is 8.70. The van der Waals surface area contributed by atoms with Crippen molar-refractivity contribution >= 4 is 17.1 Å². The van der Waals surface area contributed by atoms with Crippen LogP contribution in [0.2, 0.25) is 0 Å². The van der Waals surface area contributed by atoms with Crippen molar-refractivity contribution in [2.24, 2.45) is 0 Å². The van der Waals surface area contributed by atoms with Crippen LogP contribution in [-0.2, 0) is 0 Å². The van der Waals surface area contributed by atoms with Crippen LogP contribution >= 0.6 is 0 Å². The van der Waals surface area contributed by atoms with Crippen molar-refractivity contribution in [2.75, 3.05) is 17.7 Å². The van der Waals surface area contributed by atoms with Gasteiger partial charge in [-0.15, -0.1) is 0 Å². The molecule has 2 nitrogen and oxygen atoms in total. The van der Waals surface area contributed by atoms with E-state index in [2.05, 4.69) is 22.8 Å². The minimum absolute atomic E-state index is 1.10. The molecule has 0 heterocycles. The zero-order chi connectivity index (χ0) is 10.5. The fourth-order valence-corrected chi connectivity index (χ4v) is 1.41. The molecule has 0 aliphatic heterocycles. The Bertz CT molecular complexity index is 406. The standard InChI is InChI=1S/C13H14N2/c1-14-11-7-9-13(10-8-11)15-12-5-3-2-4-6-12/h2-10,14-15H,1H3. The lowest BCUT2D eigenvalue weighted by atomic mass is 10.2. The first-order valence-electron chi connectivity index (χ1n) is 4.98. The highest BCUT2D eigenvalue weighted by Gasteiger charge is 1.93. The Morgan fingerprint density at radius 1 is 0.667 bits per heavy atom. The van der Waals surface area contributed by atoms with E-state index >= 15 is 0 Å². The maximum atomic E-state index is 3.33. The van der Waals surface area contributed by atoms with Gasteiger partial charge in [-0.25, -0.2) is 0 Å². The van der Waals surface area contributed by atoms with Gasteiger partial charge in [-0.05, 0) is 36.4 Å². The summed E-state index contributed by atoms with van der Waals surface area (Å²) in [6.45, 7) is 0. The second-order valence-electron chi connectivity index (χ2n) is 3.32. The Morgan fingerprint density at radius 3 is 1.80 bits per heavy atom. The number of rotatable bonds is 3. The average Bonchev–Trinajstić information content (AvgIpc) is 2.31. The second kappa shape index (κ2) is 4.51. The first kappa shape index (κ1) is 9.59. The molecule has 2 aromatic carbocycles. The van der Waals surface area contributed by atoms with Crippen LogP contribution in [0.1, 0.15) is 0 Å². The van der Waals surface area contributed by atoms with Gasteiger partial charge in [0.05, 0.1) is 0 Å². The summed E-state index contributed by atoms with van der Waals surface area (Å²) >= 11 is 0. The van der Waals surface area contributed by atoms with Gasteiger partial charge >= 0.3 is 0 Å². The number of nitrogens with one attached hydrogen (secondary N) is 2. The van der Waals surface area contributed by atoms with Crippen molar-refractivity contribution in [3.05, 3.63) is 54.6 Å². The Kier molecular flexibility index (Phi) is 2.88. The van der Waals surface area contributed by atoms with Crippen LogP contribution in [0, 0.1) is 0 Å². The van der Waals surface area contributed by atoms with E-state index in [1.807, 2.05) is 49.5 Å². The molecule has 2 rings (SSSR count).